The number of amides is 1. The van der Waals surface area contributed by atoms with Crippen LogP contribution in [0.2, 0.25) is 0 Å². The molecule has 43 heavy (non-hydrogen) atoms. The Morgan fingerprint density at radius 3 is 2.67 bits per heavy atom. The van der Waals surface area contributed by atoms with Crippen molar-refractivity contribution in [2.75, 3.05) is 25.7 Å². The Balaban J connectivity index is 1.50. The van der Waals surface area contributed by atoms with Gasteiger partial charge in [-0.2, -0.15) is 0 Å². The van der Waals surface area contributed by atoms with Gasteiger partial charge in [0, 0.05) is 12.0 Å². The molecular weight excluding hydrogens is 568 g/mol. The normalized spacial score (nSPS) is 19.0. The number of ether oxygens (including phenoxy) is 4. The van der Waals surface area contributed by atoms with Crippen LogP contribution in [0.5, 0.6) is 23.0 Å². The average molecular weight is 601 g/mol. The minimum atomic E-state index is -0.968. The van der Waals surface area contributed by atoms with Gasteiger partial charge >= 0.3 is 5.91 Å². The molecule has 3 heterocycles. The number of aliphatic hydroxyl groups is 1. The molecule has 1 amide bonds. The van der Waals surface area contributed by atoms with E-state index in [1.54, 1.807) is 49.6 Å². The number of carbonyl (C=O) groups is 2. The molecule has 10 heteroatoms. The van der Waals surface area contributed by atoms with Gasteiger partial charge in [-0.15, -0.1) is 0 Å². The third-order valence-electron chi connectivity index (χ3n) is 7.66. The molecule has 222 valence electrons. The molecular formula is C33H32N2O7S. The van der Waals surface area contributed by atoms with Gasteiger partial charge in [-0.05, 0) is 73.0 Å². The highest BCUT2D eigenvalue weighted by atomic mass is 32.1. The average Bonchev–Trinajstić information content (AvgIpc) is 3.68. The van der Waals surface area contributed by atoms with Crippen LogP contribution in [-0.2, 0) is 16.0 Å². The lowest BCUT2D eigenvalue weighted by Crippen LogP contribution is -2.29. The summed E-state index contributed by atoms with van der Waals surface area (Å²) in [4.78, 5) is 33.6. The zero-order valence-electron chi connectivity index (χ0n) is 24.4. The number of fused-ring (bicyclic) bond motifs is 2. The van der Waals surface area contributed by atoms with Crippen molar-refractivity contribution in [3.05, 3.63) is 76.9 Å². The number of anilines is 1. The number of thiazole rings is 1. The van der Waals surface area contributed by atoms with E-state index in [2.05, 4.69) is 6.92 Å². The highest BCUT2D eigenvalue weighted by Crippen LogP contribution is 2.46. The van der Waals surface area contributed by atoms with Gasteiger partial charge in [-0.3, -0.25) is 14.5 Å². The van der Waals surface area contributed by atoms with E-state index in [0.29, 0.717) is 52.1 Å². The molecule has 6 rings (SSSR count). The first kappa shape index (κ1) is 28.5. The van der Waals surface area contributed by atoms with E-state index in [1.807, 2.05) is 19.1 Å². The molecule has 4 aromatic rings. The second kappa shape index (κ2) is 11.6. The van der Waals surface area contributed by atoms with E-state index in [-0.39, 0.29) is 17.4 Å². The Hall–Kier alpha value is -4.57. The summed E-state index contributed by atoms with van der Waals surface area (Å²) in [5.74, 6) is 0.560. The molecule has 0 bridgehead atoms. The van der Waals surface area contributed by atoms with Crippen molar-refractivity contribution in [1.29, 1.82) is 0 Å². The minimum absolute atomic E-state index is 0.0150. The first-order valence-electron chi connectivity index (χ1n) is 14.2. The van der Waals surface area contributed by atoms with Crippen molar-refractivity contribution in [2.45, 2.75) is 45.3 Å². The van der Waals surface area contributed by atoms with Crippen molar-refractivity contribution in [3.63, 3.8) is 0 Å². The summed E-state index contributed by atoms with van der Waals surface area (Å²) in [6.07, 6.45) is 2.57. The summed E-state index contributed by atoms with van der Waals surface area (Å²) in [5.41, 5.74) is 2.55. The van der Waals surface area contributed by atoms with E-state index in [4.69, 9.17) is 23.9 Å². The first-order chi connectivity index (χ1) is 20.8. The fraction of sp³-hybridized carbons (Fsp3) is 0.303. The Bertz CT molecular complexity index is 1760. The predicted octanol–water partition coefficient (Wildman–Crippen LogP) is 6.44. The Morgan fingerprint density at radius 1 is 1.07 bits per heavy atom. The van der Waals surface area contributed by atoms with Crippen molar-refractivity contribution in [3.8, 4) is 23.0 Å². The fourth-order valence-corrected chi connectivity index (χ4v) is 6.51. The molecule has 1 N–H and O–H groups in total. The summed E-state index contributed by atoms with van der Waals surface area (Å²) < 4.78 is 23.6. The smallest absolute Gasteiger partial charge is 0.301 e. The number of Topliss-reactive ketones (excluding diaryl/α,β-unsaturated/α-hetero) is 1. The molecule has 3 aromatic carbocycles. The van der Waals surface area contributed by atoms with Gasteiger partial charge in [-0.1, -0.05) is 30.7 Å². The van der Waals surface area contributed by atoms with Crippen LogP contribution in [0.4, 0.5) is 5.13 Å². The Morgan fingerprint density at radius 2 is 1.91 bits per heavy atom. The van der Waals surface area contributed by atoms with Crippen LogP contribution in [0.3, 0.4) is 0 Å². The number of carbonyl (C=O) groups excluding carboxylic acids is 2. The van der Waals surface area contributed by atoms with Crippen molar-refractivity contribution < 1.29 is 33.6 Å². The standard InChI is InChI=1S/C33H32N2O7S/c1-5-6-13-41-25-12-7-19(16-26(25)40-4)29-28(30(36)20-8-11-24-21(15-20)14-18(2)42-24)31(37)32(38)35(29)33-34-23-10-9-22(39-3)17-27(23)43-33/h7-12,15-18,29,36H,5-6,13-14H2,1-4H3/t18-,29+/m1/s1. The molecule has 1 aromatic heterocycles. The summed E-state index contributed by atoms with van der Waals surface area (Å²) in [7, 11) is 3.12. The van der Waals surface area contributed by atoms with Crippen molar-refractivity contribution in [1.82, 2.24) is 4.98 Å². The van der Waals surface area contributed by atoms with Crippen LogP contribution in [0, 0.1) is 0 Å². The molecule has 0 radical (unpaired) electrons. The van der Waals surface area contributed by atoms with Gasteiger partial charge < -0.3 is 24.1 Å². The zero-order chi connectivity index (χ0) is 30.2. The molecule has 2 aliphatic heterocycles. The lowest BCUT2D eigenvalue weighted by Gasteiger charge is -2.24. The Kier molecular flexibility index (Phi) is 7.70. The zero-order valence-corrected chi connectivity index (χ0v) is 25.2. The minimum Gasteiger partial charge on any atom is -0.507 e. The monoisotopic (exact) mass is 600 g/mol. The third kappa shape index (κ3) is 5.16. The van der Waals surface area contributed by atoms with Crippen LogP contribution in [-0.4, -0.2) is 48.7 Å². The van der Waals surface area contributed by atoms with Gasteiger partial charge in [0.2, 0.25) is 0 Å². The quantitative estimate of drug-likeness (QED) is 0.101. The van der Waals surface area contributed by atoms with E-state index in [1.165, 1.54) is 23.3 Å². The lowest BCUT2D eigenvalue weighted by molar-refractivity contribution is -0.132. The molecule has 0 saturated carbocycles. The maximum Gasteiger partial charge on any atom is 0.301 e. The second-order valence-corrected chi connectivity index (χ2v) is 11.6. The molecule has 9 nitrogen and oxygen atoms in total. The SMILES string of the molecule is CCCCOc1ccc([C@H]2C(=C(O)c3ccc4c(c3)C[C@@H](C)O4)C(=O)C(=O)N2c2nc3ccc(OC)cc3s2)cc1OC. The van der Waals surface area contributed by atoms with Gasteiger partial charge in [0.1, 0.15) is 23.4 Å². The van der Waals surface area contributed by atoms with Crippen LogP contribution in [0.1, 0.15) is 49.4 Å². The number of methoxy groups -OCH3 is 2. The Labute approximate surface area is 253 Å². The summed E-state index contributed by atoms with van der Waals surface area (Å²) in [5, 5.41) is 12.0. The van der Waals surface area contributed by atoms with Gasteiger partial charge in [0.15, 0.2) is 16.6 Å². The molecule has 0 aliphatic carbocycles. The summed E-state index contributed by atoms with van der Waals surface area (Å²) in [6.45, 7) is 4.58. The summed E-state index contributed by atoms with van der Waals surface area (Å²) >= 11 is 1.27. The third-order valence-corrected chi connectivity index (χ3v) is 8.68. The van der Waals surface area contributed by atoms with Gasteiger partial charge in [-0.25, -0.2) is 4.98 Å². The lowest BCUT2D eigenvalue weighted by atomic mass is 9.94. The summed E-state index contributed by atoms with van der Waals surface area (Å²) in [6, 6.07) is 15.1. The highest BCUT2D eigenvalue weighted by molar-refractivity contribution is 7.22. The van der Waals surface area contributed by atoms with E-state index in [9.17, 15) is 14.7 Å². The number of hydrogen-bond acceptors (Lipinski definition) is 9. The number of hydrogen-bond donors (Lipinski definition) is 1. The first-order valence-corrected chi connectivity index (χ1v) is 15.0. The molecule has 1 saturated heterocycles. The van der Waals surface area contributed by atoms with Crippen molar-refractivity contribution in [2.24, 2.45) is 0 Å². The highest BCUT2D eigenvalue weighted by Gasteiger charge is 2.48. The number of benzene rings is 3. The van der Waals surface area contributed by atoms with E-state index >= 15 is 0 Å². The maximum absolute atomic E-state index is 13.8. The van der Waals surface area contributed by atoms with E-state index < -0.39 is 17.7 Å². The van der Waals surface area contributed by atoms with Crippen LogP contribution in [0.25, 0.3) is 16.0 Å². The van der Waals surface area contributed by atoms with Crippen LogP contribution < -0.4 is 23.8 Å². The topological polar surface area (TPSA) is 107 Å². The van der Waals surface area contributed by atoms with E-state index in [0.717, 1.165) is 28.9 Å². The molecule has 0 unspecified atom stereocenters. The van der Waals surface area contributed by atoms with Crippen LogP contribution >= 0.6 is 11.3 Å². The fourth-order valence-electron chi connectivity index (χ4n) is 5.49. The van der Waals surface area contributed by atoms with Gasteiger partial charge in [0.05, 0.1) is 42.7 Å². The number of aliphatic hydroxyl groups excluding tert-OH is 1. The van der Waals surface area contributed by atoms with Gasteiger partial charge in [0.25, 0.3) is 5.78 Å². The van der Waals surface area contributed by atoms with Crippen LogP contribution in [0.15, 0.2) is 60.2 Å². The maximum atomic E-state index is 13.8. The number of aromatic nitrogens is 1. The predicted molar refractivity (Wildman–Crippen MR) is 165 cm³/mol. The molecule has 2 aliphatic rings. The largest absolute Gasteiger partial charge is 0.507 e. The second-order valence-electron chi connectivity index (χ2n) is 10.6. The number of nitrogens with zero attached hydrogens (tertiary/aromatic N) is 2. The molecule has 0 spiro atoms. The molecule has 2 atom stereocenters. The number of unbranched alkanes of at least 4 members (excludes halogenated alkanes) is 1. The number of ketones is 1. The number of rotatable bonds is 9. The van der Waals surface area contributed by atoms with Crippen molar-refractivity contribution >= 4 is 44.1 Å². The molecule has 1 fully saturated rings.